The topological polar surface area (TPSA) is 40.5 Å². The van der Waals surface area contributed by atoms with Gasteiger partial charge in [-0.2, -0.15) is 0 Å². The van der Waals surface area contributed by atoms with Gasteiger partial charge in [-0.05, 0) is 12.1 Å². The first kappa shape index (κ1) is 11.9. The Balaban J connectivity index is 2.95. The van der Waals surface area contributed by atoms with Gasteiger partial charge in [0.2, 0.25) is 0 Å². The zero-order valence-electron chi connectivity index (χ0n) is 7.12. The second kappa shape index (κ2) is 5.07. The molecule has 0 bridgehead atoms. The van der Waals surface area contributed by atoms with E-state index >= 15 is 0 Å². The quantitative estimate of drug-likeness (QED) is 0.836. The van der Waals surface area contributed by atoms with Crippen LogP contribution in [0.1, 0.15) is 11.7 Å². The third-order valence-electron chi connectivity index (χ3n) is 1.80. The highest BCUT2D eigenvalue weighted by Crippen LogP contribution is 2.26. The van der Waals surface area contributed by atoms with Crippen LogP contribution in [-0.2, 0) is 0 Å². The van der Waals surface area contributed by atoms with Crippen LogP contribution in [0.2, 0.25) is 5.02 Å². The first-order chi connectivity index (χ1) is 6.56. The van der Waals surface area contributed by atoms with Gasteiger partial charge in [0.05, 0.1) is 6.10 Å². The Kier molecular flexibility index (Phi) is 4.31. The number of aliphatic hydroxyl groups is 2. The first-order valence-electron chi connectivity index (χ1n) is 3.93. The number of aliphatic hydroxyl groups excluding tert-OH is 2. The second-order valence-corrected chi connectivity index (χ2v) is 3.89. The number of hydrogen-bond acceptors (Lipinski definition) is 2. The molecule has 2 nitrogen and oxygen atoms in total. The van der Waals surface area contributed by atoms with Crippen molar-refractivity contribution in [3.63, 3.8) is 0 Å². The Morgan fingerprint density at radius 3 is 2.57 bits per heavy atom. The minimum Gasteiger partial charge on any atom is -0.389 e. The molecule has 2 unspecified atom stereocenters. The summed E-state index contributed by atoms with van der Waals surface area (Å²) in [7, 11) is 0. The molecule has 0 saturated carbocycles. The fourth-order valence-corrected chi connectivity index (χ4v) is 1.67. The third kappa shape index (κ3) is 2.67. The van der Waals surface area contributed by atoms with E-state index in [1.165, 1.54) is 12.1 Å². The summed E-state index contributed by atoms with van der Waals surface area (Å²) in [4.78, 5) is 0. The molecule has 0 spiro atoms. The largest absolute Gasteiger partial charge is 0.389 e. The lowest BCUT2D eigenvalue weighted by Crippen LogP contribution is -2.19. The van der Waals surface area contributed by atoms with E-state index in [0.717, 1.165) is 6.07 Å². The van der Waals surface area contributed by atoms with Crippen LogP contribution in [0, 0.1) is 5.82 Å². The first-order valence-corrected chi connectivity index (χ1v) is 5.43. The molecule has 0 amide bonds. The van der Waals surface area contributed by atoms with Gasteiger partial charge < -0.3 is 10.2 Å². The van der Waals surface area contributed by atoms with Crippen LogP contribution >= 0.6 is 27.5 Å². The van der Waals surface area contributed by atoms with Gasteiger partial charge in [-0.25, -0.2) is 4.39 Å². The second-order valence-electron chi connectivity index (χ2n) is 2.83. The molecule has 1 rings (SSSR count). The minimum absolute atomic E-state index is 0.109. The van der Waals surface area contributed by atoms with Gasteiger partial charge in [0.15, 0.2) is 0 Å². The fraction of sp³-hybridized carbons (Fsp3) is 0.333. The molecule has 0 radical (unpaired) electrons. The highest BCUT2D eigenvalue weighted by atomic mass is 79.9. The van der Waals surface area contributed by atoms with E-state index in [1.54, 1.807) is 0 Å². The van der Waals surface area contributed by atoms with Crippen molar-refractivity contribution >= 4 is 27.5 Å². The average molecular weight is 284 g/mol. The molecule has 0 saturated heterocycles. The van der Waals surface area contributed by atoms with Gasteiger partial charge in [-0.3, -0.25) is 0 Å². The van der Waals surface area contributed by atoms with E-state index in [2.05, 4.69) is 15.9 Å². The maximum atomic E-state index is 12.7. The van der Waals surface area contributed by atoms with E-state index in [0.29, 0.717) is 5.56 Å². The van der Waals surface area contributed by atoms with Crippen LogP contribution < -0.4 is 0 Å². The molecule has 1 aromatic rings. The van der Waals surface area contributed by atoms with Crippen LogP contribution in [0.3, 0.4) is 0 Å². The summed E-state index contributed by atoms with van der Waals surface area (Å²) in [5.41, 5.74) is 0.319. The monoisotopic (exact) mass is 282 g/mol. The SMILES string of the molecule is OC(CBr)C(O)c1ccc(F)cc1Cl. The lowest BCUT2D eigenvalue weighted by atomic mass is 10.1. The summed E-state index contributed by atoms with van der Waals surface area (Å²) in [5, 5.41) is 19.2. The van der Waals surface area contributed by atoms with E-state index in [1.807, 2.05) is 0 Å². The number of halogens is 3. The van der Waals surface area contributed by atoms with Gasteiger partial charge in [-0.1, -0.05) is 33.6 Å². The molecule has 14 heavy (non-hydrogen) atoms. The summed E-state index contributed by atoms with van der Waals surface area (Å²) >= 11 is 8.72. The van der Waals surface area contributed by atoms with Crippen molar-refractivity contribution in [3.8, 4) is 0 Å². The molecular weight excluding hydrogens is 274 g/mol. The summed E-state index contributed by atoms with van der Waals surface area (Å²) in [6.45, 7) is 0. The molecule has 5 heteroatoms. The van der Waals surface area contributed by atoms with E-state index in [4.69, 9.17) is 11.6 Å². The molecule has 1 aromatic carbocycles. The molecule has 0 aliphatic carbocycles. The molecule has 78 valence electrons. The molecule has 2 atom stereocenters. The maximum Gasteiger partial charge on any atom is 0.124 e. The van der Waals surface area contributed by atoms with Crippen LogP contribution in [0.4, 0.5) is 4.39 Å². The highest BCUT2D eigenvalue weighted by Gasteiger charge is 2.19. The minimum atomic E-state index is -1.11. The molecule has 0 aromatic heterocycles. The van der Waals surface area contributed by atoms with Crippen LogP contribution in [0.25, 0.3) is 0 Å². The fourth-order valence-electron chi connectivity index (χ4n) is 1.03. The maximum absolute atomic E-state index is 12.7. The van der Waals surface area contributed by atoms with Crippen molar-refractivity contribution < 1.29 is 14.6 Å². The number of benzene rings is 1. The molecule has 0 fully saturated rings. The average Bonchev–Trinajstić information content (AvgIpc) is 2.15. The number of alkyl halides is 1. The Morgan fingerprint density at radius 1 is 1.43 bits per heavy atom. The molecular formula is C9H9BrClFO2. The van der Waals surface area contributed by atoms with Gasteiger partial charge in [0, 0.05) is 15.9 Å². The van der Waals surface area contributed by atoms with Gasteiger partial charge in [0.25, 0.3) is 0 Å². The van der Waals surface area contributed by atoms with Crippen molar-refractivity contribution in [2.75, 3.05) is 5.33 Å². The normalized spacial score (nSPS) is 15.2. The Hall–Kier alpha value is -0.160. The van der Waals surface area contributed by atoms with Crippen molar-refractivity contribution in [1.29, 1.82) is 0 Å². The molecule has 0 aliphatic rings. The van der Waals surface area contributed by atoms with E-state index < -0.39 is 18.0 Å². The van der Waals surface area contributed by atoms with Gasteiger partial charge >= 0.3 is 0 Å². The standard InChI is InChI=1S/C9H9BrClFO2/c10-4-8(13)9(14)6-2-1-5(12)3-7(6)11/h1-3,8-9,13-14H,4H2. The van der Waals surface area contributed by atoms with Crippen LogP contribution in [0.15, 0.2) is 18.2 Å². The Bertz CT molecular complexity index is 322. The Morgan fingerprint density at radius 2 is 2.07 bits per heavy atom. The van der Waals surface area contributed by atoms with Crippen molar-refractivity contribution in [2.45, 2.75) is 12.2 Å². The summed E-state index contributed by atoms with van der Waals surface area (Å²) in [6.07, 6.45) is -2.07. The summed E-state index contributed by atoms with van der Waals surface area (Å²) in [6, 6.07) is 3.64. The summed E-state index contributed by atoms with van der Waals surface area (Å²) in [5.74, 6) is -0.473. The van der Waals surface area contributed by atoms with Gasteiger partial charge in [-0.15, -0.1) is 0 Å². The predicted molar refractivity (Wildman–Crippen MR) is 56.2 cm³/mol. The zero-order chi connectivity index (χ0) is 10.7. The van der Waals surface area contributed by atoms with E-state index in [9.17, 15) is 14.6 Å². The number of rotatable bonds is 3. The van der Waals surface area contributed by atoms with Crippen LogP contribution in [0.5, 0.6) is 0 Å². The lowest BCUT2D eigenvalue weighted by molar-refractivity contribution is 0.0343. The van der Waals surface area contributed by atoms with E-state index in [-0.39, 0.29) is 10.4 Å². The molecule has 0 aliphatic heterocycles. The van der Waals surface area contributed by atoms with Crippen molar-refractivity contribution in [2.24, 2.45) is 0 Å². The predicted octanol–water partition coefficient (Wildman–Crippen LogP) is 2.27. The summed E-state index contributed by atoms with van der Waals surface area (Å²) < 4.78 is 12.7. The Labute approximate surface area is 94.5 Å². The smallest absolute Gasteiger partial charge is 0.124 e. The highest BCUT2D eigenvalue weighted by molar-refractivity contribution is 9.09. The molecule has 2 N–H and O–H groups in total. The van der Waals surface area contributed by atoms with Gasteiger partial charge in [0.1, 0.15) is 11.9 Å². The lowest BCUT2D eigenvalue weighted by Gasteiger charge is -2.16. The van der Waals surface area contributed by atoms with Crippen molar-refractivity contribution in [1.82, 2.24) is 0 Å². The molecule has 0 heterocycles. The van der Waals surface area contributed by atoms with Crippen LogP contribution in [-0.4, -0.2) is 21.6 Å². The van der Waals surface area contributed by atoms with Crippen molar-refractivity contribution in [3.05, 3.63) is 34.6 Å². The zero-order valence-corrected chi connectivity index (χ0v) is 9.46. The number of hydrogen-bond donors (Lipinski definition) is 2. The third-order valence-corrected chi connectivity index (χ3v) is 2.79.